The molecule has 0 fully saturated rings. The lowest BCUT2D eigenvalue weighted by Crippen LogP contribution is -1.99. The first-order valence-corrected chi connectivity index (χ1v) is 7.81. The number of benzene rings is 2. The van der Waals surface area contributed by atoms with E-state index in [1.54, 1.807) is 10.7 Å². The molecule has 0 aliphatic carbocycles. The number of ether oxygens (including phenoxy) is 2. The van der Waals surface area contributed by atoms with Crippen LogP contribution in [0, 0.1) is 11.3 Å². The van der Waals surface area contributed by atoms with Gasteiger partial charge in [0.1, 0.15) is 6.07 Å². The normalized spacial score (nSPS) is 13.1. The highest BCUT2D eigenvalue weighted by atomic mass is 16.5. The van der Waals surface area contributed by atoms with Crippen molar-refractivity contribution in [2.45, 2.75) is 6.42 Å². The van der Waals surface area contributed by atoms with Crippen molar-refractivity contribution in [2.75, 3.05) is 13.2 Å². The average Bonchev–Trinajstić information content (AvgIpc) is 2.94. The second-order valence-corrected chi connectivity index (χ2v) is 5.49. The third-order valence-electron chi connectivity index (χ3n) is 3.87. The molecule has 5 heteroatoms. The summed E-state index contributed by atoms with van der Waals surface area (Å²) in [6.45, 7) is 1.30. The van der Waals surface area contributed by atoms with Gasteiger partial charge in [0.25, 0.3) is 0 Å². The standard InChI is InChI=1S/C19H15N3O2/c20-13-15-12-17(22(21-15)16-5-2-1-3-6-16)14-7-8-18-19(11-14)24-10-4-9-23-18/h1-3,5-8,11-12H,4,9-10H2. The molecule has 5 nitrogen and oxygen atoms in total. The summed E-state index contributed by atoms with van der Waals surface area (Å²) in [6.07, 6.45) is 0.866. The molecule has 0 radical (unpaired) electrons. The molecule has 1 aliphatic rings. The van der Waals surface area contributed by atoms with Crippen molar-refractivity contribution in [1.29, 1.82) is 5.26 Å². The second kappa shape index (κ2) is 6.09. The highest BCUT2D eigenvalue weighted by Gasteiger charge is 2.16. The lowest BCUT2D eigenvalue weighted by molar-refractivity contribution is 0.297. The Labute approximate surface area is 139 Å². The summed E-state index contributed by atoms with van der Waals surface area (Å²) >= 11 is 0. The maximum absolute atomic E-state index is 9.23. The monoisotopic (exact) mass is 317 g/mol. The van der Waals surface area contributed by atoms with Crippen LogP contribution < -0.4 is 9.47 Å². The van der Waals surface area contributed by atoms with Gasteiger partial charge in [0.2, 0.25) is 0 Å². The van der Waals surface area contributed by atoms with Crippen LogP contribution in [-0.4, -0.2) is 23.0 Å². The molecule has 2 heterocycles. The van der Waals surface area contributed by atoms with Gasteiger partial charge in [0.05, 0.1) is 24.6 Å². The summed E-state index contributed by atoms with van der Waals surface area (Å²) in [4.78, 5) is 0. The fourth-order valence-electron chi connectivity index (χ4n) is 2.73. The van der Waals surface area contributed by atoms with Crippen LogP contribution in [0.1, 0.15) is 12.1 Å². The lowest BCUT2D eigenvalue weighted by Gasteiger charge is -2.11. The zero-order valence-electron chi connectivity index (χ0n) is 13.0. The fourth-order valence-corrected chi connectivity index (χ4v) is 2.73. The molecular formula is C19H15N3O2. The smallest absolute Gasteiger partial charge is 0.163 e. The van der Waals surface area contributed by atoms with E-state index in [4.69, 9.17) is 9.47 Å². The zero-order valence-corrected chi connectivity index (χ0v) is 13.0. The minimum absolute atomic E-state index is 0.376. The number of rotatable bonds is 2. The second-order valence-electron chi connectivity index (χ2n) is 5.49. The number of hydrogen-bond donors (Lipinski definition) is 0. The Morgan fingerprint density at radius 3 is 2.54 bits per heavy atom. The van der Waals surface area contributed by atoms with Gasteiger partial charge >= 0.3 is 0 Å². The van der Waals surface area contributed by atoms with Crippen LogP contribution in [0.15, 0.2) is 54.6 Å². The van der Waals surface area contributed by atoms with Crippen molar-refractivity contribution < 1.29 is 9.47 Å². The highest BCUT2D eigenvalue weighted by molar-refractivity contribution is 5.67. The minimum atomic E-state index is 0.376. The number of para-hydroxylation sites is 1. The van der Waals surface area contributed by atoms with E-state index in [2.05, 4.69) is 11.2 Å². The van der Waals surface area contributed by atoms with E-state index < -0.39 is 0 Å². The van der Waals surface area contributed by atoms with Gasteiger partial charge in [-0.15, -0.1) is 0 Å². The molecule has 0 spiro atoms. The summed E-state index contributed by atoms with van der Waals surface area (Å²) in [5, 5.41) is 13.6. The van der Waals surface area contributed by atoms with Crippen molar-refractivity contribution in [2.24, 2.45) is 0 Å². The van der Waals surface area contributed by atoms with Gasteiger partial charge in [0, 0.05) is 18.1 Å². The number of aromatic nitrogens is 2. The van der Waals surface area contributed by atoms with Crippen molar-refractivity contribution in [3.63, 3.8) is 0 Å². The van der Waals surface area contributed by atoms with Crippen LogP contribution in [0.25, 0.3) is 16.9 Å². The third kappa shape index (κ3) is 2.59. The van der Waals surface area contributed by atoms with Gasteiger partial charge in [-0.05, 0) is 30.3 Å². The SMILES string of the molecule is N#Cc1cc(-c2ccc3c(c2)OCCCO3)n(-c2ccccc2)n1. The van der Waals surface area contributed by atoms with E-state index in [-0.39, 0.29) is 0 Å². The van der Waals surface area contributed by atoms with E-state index in [9.17, 15) is 5.26 Å². The largest absolute Gasteiger partial charge is 0.490 e. The number of fused-ring (bicyclic) bond motifs is 1. The van der Waals surface area contributed by atoms with Crippen molar-refractivity contribution in [3.05, 3.63) is 60.3 Å². The number of hydrogen-bond acceptors (Lipinski definition) is 4. The fraction of sp³-hybridized carbons (Fsp3) is 0.158. The Kier molecular flexibility index (Phi) is 3.64. The van der Waals surface area contributed by atoms with Crippen molar-refractivity contribution in [1.82, 2.24) is 9.78 Å². The van der Waals surface area contributed by atoms with Gasteiger partial charge in [-0.2, -0.15) is 10.4 Å². The van der Waals surface area contributed by atoms with Gasteiger partial charge < -0.3 is 9.47 Å². The predicted molar refractivity (Wildman–Crippen MR) is 89.3 cm³/mol. The summed E-state index contributed by atoms with van der Waals surface area (Å²) in [6, 6.07) is 19.5. The molecule has 4 rings (SSSR count). The highest BCUT2D eigenvalue weighted by Crippen LogP contribution is 2.35. The van der Waals surface area contributed by atoms with Crippen molar-refractivity contribution >= 4 is 0 Å². The molecular weight excluding hydrogens is 302 g/mol. The lowest BCUT2D eigenvalue weighted by atomic mass is 10.1. The van der Waals surface area contributed by atoms with Crippen LogP contribution in [0.3, 0.4) is 0 Å². The topological polar surface area (TPSA) is 60.1 Å². The third-order valence-corrected chi connectivity index (χ3v) is 3.87. The molecule has 0 unspecified atom stereocenters. The molecule has 0 saturated carbocycles. The summed E-state index contributed by atoms with van der Waals surface area (Å²) < 4.78 is 13.2. The summed E-state index contributed by atoms with van der Waals surface area (Å²) in [7, 11) is 0. The average molecular weight is 317 g/mol. The molecule has 0 atom stereocenters. The number of nitrogens with zero attached hydrogens (tertiary/aromatic N) is 3. The molecule has 0 bridgehead atoms. The maximum Gasteiger partial charge on any atom is 0.163 e. The molecule has 0 N–H and O–H groups in total. The zero-order chi connectivity index (χ0) is 16.4. The van der Waals surface area contributed by atoms with E-state index in [1.807, 2.05) is 48.5 Å². The van der Waals surface area contributed by atoms with E-state index in [1.165, 1.54) is 0 Å². The molecule has 118 valence electrons. The number of nitriles is 1. The van der Waals surface area contributed by atoms with Crippen molar-refractivity contribution in [3.8, 4) is 34.5 Å². The first-order chi connectivity index (χ1) is 11.8. The predicted octanol–water partition coefficient (Wildman–Crippen LogP) is 3.57. The molecule has 1 aromatic heterocycles. The van der Waals surface area contributed by atoms with E-state index >= 15 is 0 Å². The first kappa shape index (κ1) is 14.3. The summed E-state index contributed by atoms with van der Waals surface area (Å²) in [5.41, 5.74) is 3.05. The van der Waals surface area contributed by atoms with Crippen LogP contribution in [0.5, 0.6) is 11.5 Å². The summed E-state index contributed by atoms with van der Waals surface area (Å²) in [5.74, 6) is 1.48. The van der Waals surface area contributed by atoms with Gasteiger partial charge in [-0.1, -0.05) is 18.2 Å². The van der Waals surface area contributed by atoms with E-state index in [0.29, 0.717) is 18.9 Å². The Morgan fingerprint density at radius 2 is 1.75 bits per heavy atom. The molecule has 0 saturated heterocycles. The quantitative estimate of drug-likeness (QED) is 0.725. The molecule has 3 aromatic rings. The minimum Gasteiger partial charge on any atom is -0.490 e. The van der Waals surface area contributed by atoms with Crippen LogP contribution in [-0.2, 0) is 0 Å². The van der Waals surface area contributed by atoms with Crippen LogP contribution >= 0.6 is 0 Å². The molecule has 24 heavy (non-hydrogen) atoms. The van der Waals surface area contributed by atoms with Crippen LogP contribution in [0.2, 0.25) is 0 Å². The Hall–Kier alpha value is -3.26. The molecule has 1 aliphatic heterocycles. The van der Waals surface area contributed by atoms with Crippen LogP contribution in [0.4, 0.5) is 0 Å². The Bertz CT molecular complexity index is 910. The van der Waals surface area contributed by atoms with E-state index in [0.717, 1.165) is 34.9 Å². The first-order valence-electron chi connectivity index (χ1n) is 7.81. The van der Waals surface area contributed by atoms with Gasteiger partial charge in [0.15, 0.2) is 17.2 Å². The molecule has 2 aromatic carbocycles. The Morgan fingerprint density at radius 1 is 0.958 bits per heavy atom. The maximum atomic E-state index is 9.23. The van der Waals surface area contributed by atoms with Gasteiger partial charge in [-0.25, -0.2) is 4.68 Å². The van der Waals surface area contributed by atoms with Gasteiger partial charge in [-0.3, -0.25) is 0 Å². The Balaban J connectivity index is 1.84. The molecule has 0 amide bonds.